The van der Waals surface area contributed by atoms with Crippen molar-refractivity contribution in [2.24, 2.45) is 0 Å². The van der Waals surface area contributed by atoms with Crippen molar-refractivity contribution in [1.82, 2.24) is 0 Å². The second-order valence-electron chi connectivity index (χ2n) is 5.41. The zero-order valence-corrected chi connectivity index (χ0v) is 14.1. The van der Waals surface area contributed by atoms with Crippen LogP contribution in [-0.4, -0.2) is 19.1 Å². The van der Waals surface area contributed by atoms with Gasteiger partial charge in [0.15, 0.2) is 0 Å². The number of hydrogen-bond donors (Lipinski definition) is 0. The van der Waals surface area contributed by atoms with Crippen molar-refractivity contribution in [2.75, 3.05) is 19.1 Å². The number of ether oxygens (including phenoxy) is 2. The molecular formula is C19H25ClO2. The van der Waals surface area contributed by atoms with Crippen LogP contribution in [0.2, 0.25) is 0 Å². The highest BCUT2D eigenvalue weighted by Gasteiger charge is 2.07. The van der Waals surface area contributed by atoms with Crippen LogP contribution in [0.15, 0.2) is 36.4 Å². The number of rotatable bonds is 10. The third kappa shape index (κ3) is 4.81. The van der Waals surface area contributed by atoms with Crippen molar-refractivity contribution < 1.29 is 9.47 Å². The van der Waals surface area contributed by atoms with Gasteiger partial charge in [0.1, 0.15) is 11.5 Å². The van der Waals surface area contributed by atoms with E-state index in [-0.39, 0.29) is 0 Å². The van der Waals surface area contributed by atoms with Gasteiger partial charge in [0, 0.05) is 16.7 Å². The average molecular weight is 321 g/mol. The summed E-state index contributed by atoms with van der Waals surface area (Å²) in [6, 6.07) is 12.3. The minimum absolute atomic E-state index is 0.741. The lowest BCUT2D eigenvalue weighted by molar-refractivity contribution is 0.305. The summed E-state index contributed by atoms with van der Waals surface area (Å²) in [6.07, 6.45) is 5.52. The van der Waals surface area contributed by atoms with Crippen molar-refractivity contribution in [3.63, 3.8) is 0 Å². The molecule has 0 spiro atoms. The van der Waals surface area contributed by atoms with E-state index in [4.69, 9.17) is 21.1 Å². The van der Waals surface area contributed by atoms with Crippen LogP contribution in [0.25, 0.3) is 10.8 Å². The van der Waals surface area contributed by atoms with Crippen molar-refractivity contribution >= 4 is 22.4 Å². The lowest BCUT2D eigenvalue weighted by Crippen LogP contribution is -2.00. The Bertz CT molecular complexity index is 568. The smallest absolute Gasteiger partial charge is 0.127 e. The van der Waals surface area contributed by atoms with Crippen LogP contribution in [0.5, 0.6) is 11.5 Å². The molecule has 0 saturated carbocycles. The Labute approximate surface area is 138 Å². The molecule has 3 heteroatoms. The van der Waals surface area contributed by atoms with Crippen LogP contribution < -0.4 is 9.47 Å². The molecule has 120 valence electrons. The molecule has 2 aromatic carbocycles. The van der Waals surface area contributed by atoms with Gasteiger partial charge in [-0.05, 0) is 31.4 Å². The molecule has 0 amide bonds. The van der Waals surface area contributed by atoms with Crippen LogP contribution in [0.3, 0.4) is 0 Å². The number of benzene rings is 2. The Morgan fingerprint density at radius 2 is 1.36 bits per heavy atom. The third-order valence-electron chi connectivity index (χ3n) is 3.59. The first kappa shape index (κ1) is 17.0. The van der Waals surface area contributed by atoms with E-state index in [2.05, 4.69) is 19.1 Å². The van der Waals surface area contributed by atoms with Crippen LogP contribution in [0.1, 0.15) is 39.0 Å². The Hall–Kier alpha value is -1.41. The maximum atomic E-state index is 5.97. The maximum absolute atomic E-state index is 5.97. The van der Waals surface area contributed by atoms with Gasteiger partial charge in [-0.3, -0.25) is 0 Å². The topological polar surface area (TPSA) is 18.5 Å². The van der Waals surface area contributed by atoms with E-state index in [1.54, 1.807) is 0 Å². The SMILES string of the molecule is CCCOc1ccc(OCCCCCCCl)c2ccccc12. The molecule has 0 heterocycles. The Morgan fingerprint density at radius 1 is 0.773 bits per heavy atom. The predicted octanol–water partition coefficient (Wildman–Crippen LogP) is 5.81. The number of alkyl halides is 1. The van der Waals surface area contributed by atoms with Crippen LogP contribution in [-0.2, 0) is 0 Å². The van der Waals surface area contributed by atoms with Crippen molar-refractivity contribution in [2.45, 2.75) is 39.0 Å². The molecule has 2 nitrogen and oxygen atoms in total. The summed E-state index contributed by atoms with van der Waals surface area (Å²) in [7, 11) is 0. The minimum atomic E-state index is 0.741. The van der Waals surface area contributed by atoms with Gasteiger partial charge in [-0.25, -0.2) is 0 Å². The summed E-state index contributed by atoms with van der Waals surface area (Å²) < 4.78 is 11.8. The molecule has 0 atom stereocenters. The standard InChI is InChI=1S/C19H25ClO2/c1-2-14-21-18-11-12-19(17-10-6-5-9-16(17)18)22-15-8-4-3-7-13-20/h5-6,9-12H,2-4,7-8,13-15H2,1H3. The van der Waals surface area contributed by atoms with E-state index in [0.29, 0.717) is 0 Å². The monoisotopic (exact) mass is 320 g/mol. The Balaban J connectivity index is 2.01. The molecule has 0 aliphatic carbocycles. The normalized spacial score (nSPS) is 10.8. The highest BCUT2D eigenvalue weighted by atomic mass is 35.5. The first-order valence-electron chi connectivity index (χ1n) is 8.20. The lowest BCUT2D eigenvalue weighted by atomic mass is 10.1. The summed E-state index contributed by atoms with van der Waals surface area (Å²) in [5.41, 5.74) is 0. The van der Waals surface area contributed by atoms with E-state index in [1.165, 1.54) is 12.8 Å². The lowest BCUT2D eigenvalue weighted by Gasteiger charge is -2.13. The molecule has 0 radical (unpaired) electrons. The van der Waals surface area contributed by atoms with Gasteiger partial charge in [-0.2, -0.15) is 0 Å². The Morgan fingerprint density at radius 3 is 1.95 bits per heavy atom. The van der Waals surface area contributed by atoms with E-state index < -0.39 is 0 Å². The molecule has 2 aromatic rings. The van der Waals surface area contributed by atoms with Crippen LogP contribution in [0.4, 0.5) is 0 Å². The van der Waals surface area contributed by atoms with E-state index in [0.717, 1.165) is 60.6 Å². The molecule has 0 aliphatic rings. The second kappa shape index (κ2) is 9.58. The highest BCUT2D eigenvalue weighted by Crippen LogP contribution is 2.33. The van der Waals surface area contributed by atoms with Crippen molar-refractivity contribution in [1.29, 1.82) is 0 Å². The molecule has 0 aromatic heterocycles. The second-order valence-corrected chi connectivity index (χ2v) is 5.79. The predicted molar refractivity (Wildman–Crippen MR) is 94.4 cm³/mol. The molecule has 0 fully saturated rings. The minimum Gasteiger partial charge on any atom is -0.493 e. The molecule has 2 rings (SSSR count). The maximum Gasteiger partial charge on any atom is 0.127 e. The average Bonchev–Trinajstić information content (AvgIpc) is 2.57. The molecule has 0 N–H and O–H groups in total. The molecule has 0 aliphatic heterocycles. The molecular weight excluding hydrogens is 296 g/mol. The molecule has 0 saturated heterocycles. The van der Waals surface area contributed by atoms with Gasteiger partial charge in [0.05, 0.1) is 13.2 Å². The zero-order chi connectivity index (χ0) is 15.6. The summed E-state index contributed by atoms with van der Waals surface area (Å²) in [6.45, 7) is 3.61. The third-order valence-corrected chi connectivity index (χ3v) is 3.86. The molecule has 0 bridgehead atoms. The fourth-order valence-corrected chi connectivity index (χ4v) is 2.63. The molecule has 22 heavy (non-hydrogen) atoms. The van der Waals surface area contributed by atoms with Crippen LogP contribution >= 0.6 is 11.6 Å². The number of unbranched alkanes of at least 4 members (excludes halogenated alkanes) is 3. The van der Waals surface area contributed by atoms with E-state index in [9.17, 15) is 0 Å². The van der Waals surface area contributed by atoms with E-state index in [1.807, 2.05) is 24.3 Å². The Kier molecular flexibility index (Phi) is 7.38. The zero-order valence-electron chi connectivity index (χ0n) is 13.3. The van der Waals surface area contributed by atoms with Gasteiger partial charge in [-0.1, -0.05) is 44.0 Å². The van der Waals surface area contributed by atoms with Crippen molar-refractivity contribution in [3.05, 3.63) is 36.4 Å². The fraction of sp³-hybridized carbons (Fsp3) is 0.474. The summed E-state index contributed by atoms with van der Waals surface area (Å²) in [5, 5.41) is 2.24. The number of halogens is 1. The quantitative estimate of drug-likeness (QED) is 0.406. The first-order chi connectivity index (χ1) is 10.9. The largest absolute Gasteiger partial charge is 0.493 e. The molecule has 0 unspecified atom stereocenters. The van der Waals surface area contributed by atoms with Gasteiger partial charge >= 0.3 is 0 Å². The summed E-state index contributed by atoms with van der Waals surface area (Å²) in [4.78, 5) is 0. The number of hydrogen-bond acceptors (Lipinski definition) is 2. The van der Waals surface area contributed by atoms with Crippen LogP contribution in [0, 0.1) is 0 Å². The van der Waals surface area contributed by atoms with Gasteiger partial charge in [-0.15, -0.1) is 11.6 Å². The number of fused-ring (bicyclic) bond motifs is 1. The first-order valence-corrected chi connectivity index (χ1v) is 8.73. The van der Waals surface area contributed by atoms with E-state index >= 15 is 0 Å². The summed E-state index contributed by atoms with van der Waals surface area (Å²) >= 11 is 5.68. The fourth-order valence-electron chi connectivity index (χ4n) is 2.44. The van der Waals surface area contributed by atoms with Gasteiger partial charge in [0.25, 0.3) is 0 Å². The van der Waals surface area contributed by atoms with Gasteiger partial charge < -0.3 is 9.47 Å². The highest BCUT2D eigenvalue weighted by molar-refractivity contribution is 6.17. The van der Waals surface area contributed by atoms with Gasteiger partial charge in [0.2, 0.25) is 0 Å². The summed E-state index contributed by atoms with van der Waals surface area (Å²) in [5.74, 6) is 2.63. The van der Waals surface area contributed by atoms with Crippen molar-refractivity contribution in [3.8, 4) is 11.5 Å².